The zero-order valence-electron chi connectivity index (χ0n) is 15.7. The fourth-order valence-corrected chi connectivity index (χ4v) is 3.54. The molecule has 0 unspecified atom stereocenters. The van der Waals surface area contributed by atoms with Crippen LogP contribution in [0, 0.1) is 17.0 Å². The van der Waals surface area contributed by atoms with Gasteiger partial charge < -0.3 is 5.32 Å². The molecule has 2 aromatic carbocycles. The van der Waals surface area contributed by atoms with Gasteiger partial charge in [-0.05, 0) is 36.8 Å². The number of aryl methyl sites for hydroxylation is 1. The number of sulfone groups is 1. The van der Waals surface area contributed by atoms with Crippen LogP contribution in [0.1, 0.15) is 21.6 Å². The highest BCUT2D eigenvalue weighted by Gasteiger charge is 2.14. The van der Waals surface area contributed by atoms with E-state index in [-0.39, 0.29) is 17.3 Å². The van der Waals surface area contributed by atoms with Gasteiger partial charge in [0.1, 0.15) is 5.82 Å². The van der Waals surface area contributed by atoms with Crippen LogP contribution in [0.15, 0.2) is 54.6 Å². The van der Waals surface area contributed by atoms with Crippen molar-refractivity contribution in [3.63, 3.8) is 0 Å². The third-order valence-electron chi connectivity index (χ3n) is 4.02. The number of carbonyl (C=O) groups is 1. The molecule has 0 bridgehead atoms. The Kier molecular flexibility index (Phi) is 5.46. The Bertz CT molecular complexity index is 1170. The van der Waals surface area contributed by atoms with E-state index < -0.39 is 14.8 Å². The number of rotatable bonds is 6. The molecule has 1 amide bonds. The number of amides is 1. The van der Waals surface area contributed by atoms with Crippen LogP contribution >= 0.6 is 0 Å². The summed E-state index contributed by atoms with van der Waals surface area (Å²) in [5, 5.41) is 17.9. The van der Waals surface area contributed by atoms with E-state index in [0.29, 0.717) is 28.3 Å². The van der Waals surface area contributed by atoms with Crippen LogP contribution in [-0.2, 0) is 15.6 Å². The molecule has 150 valence electrons. The average Bonchev–Trinajstić information content (AvgIpc) is 3.01. The fraction of sp³-hybridized carbons (Fsp3) is 0.158. The van der Waals surface area contributed by atoms with Crippen molar-refractivity contribution in [3.05, 3.63) is 81.5 Å². The van der Waals surface area contributed by atoms with Gasteiger partial charge in [-0.3, -0.25) is 14.9 Å². The van der Waals surface area contributed by atoms with Crippen molar-refractivity contribution >= 4 is 27.2 Å². The molecule has 1 heterocycles. The second-order valence-electron chi connectivity index (χ2n) is 6.58. The number of hydrogen-bond acceptors (Lipinski definition) is 6. The summed E-state index contributed by atoms with van der Waals surface area (Å²) in [6.45, 7) is 1.76. The summed E-state index contributed by atoms with van der Waals surface area (Å²) in [6, 6.07) is 13.8. The molecule has 10 heteroatoms. The van der Waals surface area contributed by atoms with E-state index in [2.05, 4.69) is 10.4 Å². The van der Waals surface area contributed by atoms with E-state index in [1.54, 1.807) is 49.4 Å². The van der Waals surface area contributed by atoms with E-state index in [0.717, 1.165) is 6.26 Å². The van der Waals surface area contributed by atoms with Crippen LogP contribution in [0.5, 0.6) is 0 Å². The molecule has 29 heavy (non-hydrogen) atoms. The van der Waals surface area contributed by atoms with Gasteiger partial charge in [-0.15, -0.1) is 0 Å². The highest BCUT2D eigenvalue weighted by Crippen LogP contribution is 2.21. The van der Waals surface area contributed by atoms with Crippen molar-refractivity contribution in [3.8, 4) is 5.69 Å². The predicted molar refractivity (Wildman–Crippen MR) is 108 cm³/mol. The summed E-state index contributed by atoms with van der Waals surface area (Å²) in [6.07, 6.45) is 1.15. The SMILES string of the molecule is Cc1cc(NC(=O)c2ccc(CS(C)(=O)=O)cc2)n(-c2ccc([N+](=O)[O-])cc2)n1. The lowest BCUT2D eigenvalue weighted by Gasteiger charge is -2.09. The summed E-state index contributed by atoms with van der Waals surface area (Å²) >= 11 is 0. The van der Waals surface area contributed by atoms with Crippen molar-refractivity contribution in [1.29, 1.82) is 0 Å². The number of carbonyl (C=O) groups excluding carboxylic acids is 1. The van der Waals surface area contributed by atoms with Crippen LogP contribution < -0.4 is 5.32 Å². The van der Waals surface area contributed by atoms with Crippen molar-refractivity contribution in [1.82, 2.24) is 9.78 Å². The van der Waals surface area contributed by atoms with Crippen molar-refractivity contribution in [2.75, 3.05) is 11.6 Å². The maximum atomic E-state index is 12.6. The quantitative estimate of drug-likeness (QED) is 0.488. The molecule has 0 saturated carbocycles. The first-order valence-corrected chi connectivity index (χ1v) is 10.6. The smallest absolute Gasteiger partial charge is 0.269 e. The Morgan fingerprint density at radius 1 is 1.14 bits per heavy atom. The zero-order chi connectivity index (χ0) is 21.2. The Balaban J connectivity index is 1.81. The highest BCUT2D eigenvalue weighted by molar-refractivity contribution is 7.89. The molecule has 0 radical (unpaired) electrons. The molecule has 0 saturated heterocycles. The first-order chi connectivity index (χ1) is 13.6. The summed E-state index contributed by atoms with van der Waals surface area (Å²) in [7, 11) is -3.16. The molecular weight excluding hydrogens is 396 g/mol. The van der Waals surface area contributed by atoms with Gasteiger partial charge in [-0.25, -0.2) is 13.1 Å². The minimum Gasteiger partial charge on any atom is -0.306 e. The maximum Gasteiger partial charge on any atom is 0.269 e. The molecule has 0 aliphatic heterocycles. The van der Waals surface area contributed by atoms with Crippen molar-refractivity contribution < 1.29 is 18.1 Å². The van der Waals surface area contributed by atoms with Gasteiger partial charge in [-0.2, -0.15) is 5.10 Å². The normalized spacial score (nSPS) is 11.2. The Hall–Kier alpha value is -3.53. The summed E-state index contributed by atoms with van der Waals surface area (Å²) in [4.78, 5) is 22.9. The third-order valence-corrected chi connectivity index (χ3v) is 4.88. The van der Waals surface area contributed by atoms with Crippen LogP contribution in [0.2, 0.25) is 0 Å². The molecule has 0 spiro atoms. The second kappa shape index (κ2) is 7.84. The van der Waals surface area contributed by atoms with Gasteiger partial charge in [0.2, 0.25) is 0 Å². The Morgan fingerprint density at radius 2 is 1.76 bits per heavy atom. The summed E-state index contributed by atoms with van der Waals surface area (Å²) < 4.78 is 24.2. The van der Waals surface area contributed by atoms with Crippen LogP contribution in [0.3, 0.4) is 0 Å². The monoisotopic (exact) mass is 414 g/mol. The third kappa shape index (κ3) is 5.05. The van der Waals surface area contributed by atoms with Gasteiger partial charge in [0, 0.05) is 30.0 Å². The molecule has 9 nitrogen and oxygen atoms in total. The minimum atomic E-state index is -3.16. The number of hydrogen-bond donors (Lipinski definition) is 1. The Labute approximate surface area is 167 Å². The van der Waals surface area contributed by atoms with Crippen molar-refractivity contribution in [2.24, 2.45) is 0 Å². The number of nitro benzene ring substituents is 1. The molecule has 1 N–H and O–H groups in total. The van der Waals surface area contributed by atoms with Gasteiger partial charge in [0.15, 0.2) is 9.84 Å². The van der Waals surface area contributed by atoms with E-state index in [4.69, 9.17) is 0 Å². The fourth-order valence-electron chi connectivity index (χ4n) is 2.74. The topological polar surface area (TPSA) is 124 Å². The largest absolute Gasteiger partial charge is 0.306 e. The number of nitrogens with one attached hydrogen (secondary N) is 1. The molecular formula is C19H18N4O5S. The van der Waals surface area contributed by atoms with Crippen LogP contribution in [0.4, 0.5) is 11.5 Å². The number of benzene rings is 2. The second-order valence-corrected chi connectivity index (χ2v) is 8.72. The molecule has 0 aliphatic carbocycles. The Morgan fingerprint density at radius 3 is 2.31 bits per heavy atom. The summed E-state index contributed by atoms with van der Waals surface area (Å²) in [5.41, 5.74) is 2.12. The standard InChI is InChI=1S/C19H18N4O5S/c1-13-11-18(22(21-13)16-7-9-17(10-8-16)23(25)26)20-19(24)15-5-3-14(4-6-15)12-29(2,27)28/h3-11H,12H2,1-2H3,(H,20,24). The first kappa shape index (κ1) is 20.2. The van der Waals surface area contributed by atoms with E-state index in [1.165, 1.54) is 16.8 Å². The van der Waals surface area contributed by atoms with Crippen LogP contribution in [0.25, 0.3) is 5.69 Å². The molecule has 3 rings (SSSR count). The van der Waals surface area contributed by atoms with E-state index in [9.17, 15) is 23.3 Å². The maximum absolute atomic E-state index is 12.6. The number of aromatic nitrogens is 2. The number of nitro groups is 1. The number of non-ortho nitro benzene ring substituents is 1. The van der Waals surface area contributed by atoms with E-state index >= 15 is 0 Å². The van der Waals surface area contributed by atoms with Crippen LogP contribution in [-0.4, -0.2) is 35.3 Å². The van der Waals surface area contributed by atoms with Gasteiger partial charge in [-0.1, -0.05) is 12.1 Å². The van der Waals surface area contributed by atoms with Gasteiger partial charge in [0.25, 0.3) is 11.6 Å². The highest BCUT2D eigenvalue weighted by atomic mass is 32.2. The van der Waals surface area contributed by atoms with Gasteiger partial charge >= 0.3 is 0 Å². The predicted octanol–water partition coefficient (Wildman–Crippen LogP) is 2.89. The number of nitrogens with zero attached hydrogens (tertiary/aromatic N) is 3. The average molecular weight is 414 g/mol. The summed E-state index contributed by atoms with van der Waals surface area (Å²) in [5.74, 6) is -0.0818. The lowest BCUT2D eigenvalue weighted by atomic mass is 10.1. The molecule has 0 atom stereocenters. The first-order valence-electron chi connectivity index (χ1n) is 8.52. The zero-order valence-corrected chi connectivity index (χ0v) is 16.5. The number of anilines is 1. The van der Waals surface area contributed by atoms with Crippen molar-refractivity contribution in [2.45, 2.75) is 12.7 Å². The molecule has 0 fully saturated rings. The lowest BCUT2D eigenvalue weighted by molar-refractivity contribution is -0.384. The lowest BCUT2D eigenvalue weighted by Crippen LogP contribution is -2.15. The van der Waals surface area contributed by atoms with Gasteiger partial charge in [0.05, 0.1) is 22.1 Å². The molecule has 0 aliphatic rings. The molecule has 3 aromatic rings. The van der Waals surface area contributed by atoms with E-state index in [1.807, 2.05) is 0 Å². The minimum absolute atomic E-state index is 0.0441. The molecule has 1 aromatic heterocycles.